The van der Waals surface area contributed by atoms with Crippen molar-refractivity contribution in [2.24, 2.45) is 5.92 Å². The van der Waals surface area contributed by atoms with Crippen molar-refractivity contribution in [1.82, 2.24) is 5.32 Å². The maximum atomic E-state index is 6.04. The molecule has 17 heavy (non-hydrogen) atoms. The summed E-state index contributed by atoms with van der Waals surface area (Å²) in [5.74, 6) is 1.51. The molecular formula is C14H22ClNS. The van der Waals surface area contributed by atoms with Gasteiger partial charge in [0.15, 0.2) is 0 Å². The minimum absolute atomic E-state index is 0.222. The van der Waals surface area contributed by atoms with E-state index in [1.807, 2.05) is 6.07 Å². The van der Waals surface area contributed by atoms with Gasteiger partial charge < -0.3 is 5.32 Å². The summed E-state index contributed by atoms with van der Waals surface area (Å²) < 4.78 is 0.925. The second kappa shape index (κ2) is 5.29. The normalized spacial score (nSPS) is 25.4. The zero-order valence-electron chi connectivity index (χ0n) is 10.9. The molecule has 2 atom stereocenters. The number of thiophene rings is 1. The smallest absolute Gasteiger partial charge is 0.0931 e. The van der Waals surface area contributed by atoms with E-state index in [9.17, 15) is 0 Å². The highest BCUT2D eigenvalue weighted by Crippen LogP contribution is 2.42. The van der Waals surface area contributed by atoms with E-state index in [1.165, 1.54) is 24.1 Å². The van der Waals surface area contributed by atoms with Crippen molar-refractivity contribution in [2.45, 2.75) is 51.5 Å². The summed E-state index contributed by atoms with van der Waals surface area (Å²) in [6.07, 6.45) is 4.03. The SMILES string of the molecule is CC(C)(C)NCC1CCCC1c1ccc(Cl)s1. The number of hydrogen-bond donors (Lipinski definition) is 1. The van der Waals surface area contributed by atoms with Crippen molar-refractivity contribution in [3.8, 4) is 0 Å². The second-order valence-corrected chi connectivity index (χ2v) is 7.82. The predicted octanol–water partition coefficient (Wildman–Crippen LogP) is 4.67. The molecule has 2 rings (SSSR count). The fourth-order valence-electron chi connectivity index (χ4n) is 2.62. The van der Waals surface area contributed by atoms with Crippen LogP contribution in [0.2, 0.25) is 4.34 Å². The van der Waals surface area contributed by atoms with Gasteiger partial charge in [0.1, 0.15) is 0 Å². The molecule has 0 radical (unpaired) electrons. The van der Waals surface area contributed by atoms with Gasteiger partial charge in [0.05, 0.1) is 4.34 Å². The van der Waals surface area contributed by atoms with E-state index in [1.54, 1.807) is 11.3 Å². The van der Waals surface area contributed by atoms with Gasteiger partial charge in [0, 0.05) is 10.4 Å². The number of hydrogen-bond acceptors (Lipinski definition) is 2. The van der Waals surface area contributed by atoms with Crippen LogP contribution in [0.15, 0.2) is 12.1 Å². The average Bonchev–Trinajstić information content (AvgIpc) is 2.81. The van der Waals surface area contributed by atoms with Crippen molar-refractivity contribution >= 4 is 22.9 Å². The molecule has 96 valence electrons. The van der Waals surface area contributed by atoms with Gasteiger partial charge in [-0.1, -0.05) is 18.0 Å². The highest BCUT2D eigenvalue weighted by molar-refractivity contribution is 7.16. The number of nitrogens with one attached hydrogen (secondary N) is 1. The molecule has 1 aromatic heterocycles. The molecule has 1 N–H and O–H groups in total. The van der Waals surface area contributed by atoms with Crippen LogP contribution in [0.25, 0.3) is 0 Å². The molecular weight excluding hydrogens is 250 g/mol. The van der Waals surface area contributed by atoms with Crippen molar-refractivity contribution in [1.29, 1.82) is 0 Å². The Hall–Kier alpha value is -0.0500. The molecule has 1 nitrogen and oxygen atoms in total. The lowest BCUT2D eigenvalue weighted by Gasteiger charge is -2.26. The molecule has 0 saturated heterocycles. The zero-order chi connectivity index (χ0) is 12.5. The maximum Gasteiger partial charge on any atom is 0.0931 e. The van der Waals surface area contributed by atoms with Gasteiger partial charge in [-0.2, -0.15) is 0 Å². The summed E-state index contributed by atoms with van der Waals surface area (Å²) in [7, 11) is 0. The third-order valence-electron chi connectivity index (χ3n) is 3.51. The first kappa shape index (κ1) is 13.4. The van der Waals surface area contributed by atoms with E-state index in [0.717, 1.165) is 22.7 Å². The third kappa shape index (κ3) is 3.70. The first-order chi connectivity index (χ1) is 7.96. The lowest BCUT2D eigenvalue weighted by Crippen LogP contribution is -2.39. The van der Waals surface area contributed by atoms with Gasteiger partial charge >= 0.3 is 0 Å². The molecule has 0 aromatic carbocycles. The average molecular weight is 272 g/mol. The summed E-state index contributed by atoms with van der Waals surface area (Å²) in [5, 5.41) is 3.64. The van der Waals surface area contributed by atoms with Crippen molar-refractivity contribution in [2.75, 3.05) is 6.54 Å². The highest BCUT2D eigenvalue weighted by Gasteiger charge is 2.30. The Labute approximate surface area is 114 Å². The Morgan fingerprint density at radius 2 is 2.12 bits per heavy atom. The van der Waals surface area contributed by atoms with Crippen LogP contribution in [-0.4, -0.2) is 12.1 Å². The molecule has 1 fully saturated rings. The largest absolute Gasteiger partial charge is 0.312 e. The summed E-state index contributed by atoms with van der Waals surface area (Å²) in [6, 6.07) is 4.25. The molecule has 1 heterocycles. The van der Waals surface area contributed by atoms with E-state index in [2.05, 4.69) is 32.2 Å². The summed E-state index contributed by atoms with van der Waals surface area (Å²) in [4.78, 5) is 1.48. The van der Waals surface area contributed by atoms with Crippen LogP contribution >= 0.6 is 22.9 Å². The Morgan fingerprint density at radius 1 is 1.35 bits per heavy atom. The van der Waals surface area contributed by atoms with Gasteiger partial charge in [-0.15, -0.1) is 11.3 Å². The molecule has 1 aromatic rings. The zero-order valence-corrected chi connectivity index (χ0v) is 12.5. The molecule has 2 unspecified atom stereocenters. The third-order valence-corrected chi connectivity index (χ3v) is 4.88. The van der Waals surface area contributed by atoms with Crippen LogP contribution in [0.1, 0.15) is 50.8 Å². The Morgan fingerprint density at radius 3 is 2.71 bits per heavy atom. The molecule has 0 spiro atoms. The topological polar surface area (TPSA) is 12.0 Å². The van der Waals surface area contributed by atoms with E-state index in [0.29, 0.717) is 0 Å². The van der Waals surface area contributed by atoms with E-state index < -0.39 is 0 Å². The van der Waals surface area contributed by atoms with E-state index in [4.69, 9.17) is 11.6 Å². The van der Waals surface area contributed by atoms with Crippen LogP contribution in [0, 0.1) is 5.92 Å². The van der Waals surface area contributed by atoms with Gasteiger partial charge in [0.25, 0.3) is 0 Å². The van der Waals surface area contributed by atoms with Gasteiger partial charge in [-0.3, -0.25) is 0 Å². The molecule has 0 aliphatic heterocycles. The van der Waals surface area contributed by atoms with Crippen LogP contribution in [0.5, 0.6) is 0 Å². The van der Waals surface area contributed by atoms with Crippen LogP contribution in [0.4, 0.5) is 0 Å². The van der Waals surface area contributed by atoms with Crippen LogP contribution < -0.4 is 5.32 Å². The molecule has 1 saturated carbocycles. The monoisotopic (exact) mass is 271 g/mol. The Balaban J connectivity index is 1.98. The summed E-state index contributed by atoms with van der Waals surface area (Å²) in [6.45, 7) is 7.83. The highest BCUT2D eigenvalue weighted by atomic mass is 35.5. The number of rotatable bonds is 3. The molecule has 3 heteroatoms. The van der Waals surface area contributed by atoms with Gasteiger partial charge in [-0.25, -0.2) is 0 Å². The lowest BCUT2D eigenvalue weighted by molar-refractivity contribution is 0.358. The molecule has 0 amide bonds. The quantitative estimate of drug-likeness (QED) is 0.842. The minimum Gasteiger partial charge on any atom is -0.312 e. The molecule has 1 aliphatic rings. The first-order valence-electron chi connectivity index (χ1n) is 6.46. The Bertz CT molecular complexity index is 367. The molecule has 0 bridgehead atoms. The minimum atomic E-state index is 0.222. The van der Waals surface area contributed by atoms with Crippen molar-refractivity contribution in [3.63, 3.8) is 0 Å². The predicted molar refractivity (Wildman–Crippen MR) is 77.2 cm³/mol. The first-order valence-corrected chi connectivity index (χ1v) is 7.65. The summed E-state index contributed by atoms with van der Waals surface area (Å²) in [5.41, 5.74) is 0.222. The van der Waals surface area contributed by atoms with Crippen LogP contribution in [0.3, 0.4) is 0 Å². The van der Waals surface area contributed by atoms with Gasteiger partial charge in [0.2, 0.25) is 0 Å². The van der Waals surface area contributed by atoms with E-state index in [-0.39, 0.29) is 5.54 Å². The summed E-state index contributed by atoms with van der Waals surface area (Å²) >= 11 is 7.80. The fraction of sp³-hybridized carbons (Fsp3) is 0.714. The second-order valence-electron chi connectivity index (χ2n) is 6.07. The van der Waals surface area contributed by atoms with Crippen LogP contribution in [-0.2, 0) is 0 Å². The lowest BCUT2D eigenvalue weighted by atomic mass is 9.93. The van der Waals surface area contributed by atoms with Crippen molar-refractivity contribution < 1.29 is 0 Å². The number of halogens is 1. The Kier molecular flexibility index (Phi) is 4.17. The van der Waals surface area contributed by atoms with Crippen molar-refractivity contribution in [3.05, 3.63) is 21.3 Å². The fourth-order valence-corrected chi connectivity index (χ4v) is 3.91. The van der Waals surface area contributed by atoms with E-state index >= 15 is 0 Å². The maximum absolute atomic E-state index is 6.04. The standard InChI is InChI=1S/C14H22ClNS/c1-14(2,3)16-9-10-5-4-6-11(10)12-7-8-13(15)17-12/h7-8,10-11,16H,4-6,9H2,1-3H3. The molecule has 1 aliphatic carbocycles. The van der Waals surface area contributed by atoms with Gasteiger partial charge in [-0.05, 0) is 64.1 Å².